The van der Waals surface area contributed by atoms with Crippen LogP contribution in [-0.2, 0) is 4.74 Å². The van der Waals surface area contributed by atoms with Gasteiger partial charge in [-0.1, -0.05) is 32.0 Å². The first-order valence-electron chi connectivity index (χ1n) is 7.82. The molecule has 0 aliphatic heterocycles. The zero-order valence-corrected chi connectivity index (χ0v) is 15.1. The minimum Gasteiger partial charge on any atom is -0.465 e. The molecule has 2 rings (SSSR count). The van der Waals surface area contributed by atoms with Gasteiger partial charge in [0.2, 0.25) is 0 Å². The molecule has 0 atom stereocenters. The van der Waals surface area contributed by atoms with Gasteiger partial charge in [0.05, 0.1) is 12.7 Å². The van der Waals surface area contributed by atoms with Crippen LogP contribution in [0.3, 0.4) is 0 Å². The molecule has 0 aliphatic rings. The predicted molar refractivity (Wildman–Crippen MR) is 102 cm³/mol. The topological polar surface area (TPSA) is 67.4 Å². The standard InChI is InChI=1S/C19H20N2O3S/c1-12(2)15-6-4-5-7-16(15)20-19(25)21-17(22)13-8-10-14(11-9-13)18(23)24-3/h4-12H,1-3H3,(H2,20,21,22,25). The highest BCUT2D eigenvalue weighted by Crippen LogP contribution is 2.23. The molecule has 0 aliphatic carbocycles. The Morgan fingerprint density at radius 2 is 1.60 bits per heavy atom. The largest absolute Gasteiger partial charge is 0.465 e. The van der Waals surface area contributed by atoms with Crippen molar-refractivity contribution in [1.82, 2.24) is 5.32 Å². The molecule has 130 valence electrons. The maximum Gasteiger partial charge on any atom is 0.337 e. The first-order valence-corrected chi connectivity index (χ1v) is 8.23. The van der Waals surface area contributed by atoms with Crippen molar-refractivity contribution in [3.05, 3.63) is 65.2 Å². The zero-order valence-electron chi connectivity index (χ0n) is 14.3. The quantitative estimate of drug-likeness (QED) is 0.645. The second-order valence-corrected chi connectivity index (χ2v) is 6.13. The van der Waals surface area contributed by atoms with Crippen LogP contribution in [-0.4, -0.2) is 24.1 Å². The van der Waals surface area contributed by atoms with E-state index in [4.69, 9.17) is 12.2 Å². The van der Waals surface area contributed by atoms with E-state index in [2.05, 4.69) is 29.2 Å². The number of nitrogens with one attached hydrogen (secondary N) is 2. The molecule has 2 N–H and O–H groups in total. The molecule has 0 unspecified atom stereocenters. The normalized spacial score (nSPS) is 10.2. The monoisotopic (exact) mass is 356 g/mol. The molecule has 0 bridgehead atoms. The summed E-state index contributed by atoms with van der Waals surface area (Å²) in [7, 11) is 1.31. The average Bonchev–Trinajstić information content (AvgIpc) is 2.61. The smallest absolute Gasteiger partial charge is 0.337 e. The summed E-state index contributed by atoms with van der Waals surface area (Å²) in [4.78, 5) is 23.7. The molecule has 0 fully saturated rings. The van der Waals surface area contributed by atoms with Crippen LogP contribution in [0.1, 0.15) is 46.0 Å². The molecule has 0 heterocycles. The third kappa shape index (κ3) is 4.87. The number of para-hydroxylation sites is 1. The number of carbonyl (C=O) groups excluding carboxylic acids is 2. The zero-order chi connectivity index (χ0) is 18.4. The van der Waals surface area contributed by atoms with Gasteiger partial charge in [0.25, 0.3) is 5.91 Å². The van der Waals surface area contributed by atoms with E-state index in [-0.39, 0.29) is 11.0 Å². The molecule has 6 heteroatoms. The number of ether oxygens (including phenoxy) is 1. The summed E-state index contributed by atoms with van der Waals surface area (Å²) < 4.78 is 4.63. The molecule has 0 saturated carbocycles. The molecule has 0 aromatic heterocycles. The molecule has 0 spiro atoms. The van der Waals surface area contributed by atoms with E-state index >= 15 is 0 Å². The van der Waals surface area contributed by atoms with Crippen LogP contribution in [0, 0.1) is 0 Å². The van der Waals surface area contributed by atoms with Crippen molar-refractivity contribution < 1.29 is 14.3 Å². The van der Waals surface area contributed by atoms with Crippen LogP contribution in [0.15, 0.2) is 48.5 Å². The van der Waals surface area contributed by atoms with E-state index in [1.165, 1.54) is 19.2 Å². The summed E-state index contributed by atoms with van der Waals surface area (Å²) in [6.45, 7) is 4.18. The molecule has 25 heavy (non-hydrogen) atoms. The first-order chi connectivity index (χ1) is 11.9. The fourth-order valence-electron chi connectivity index (χ4n) is 2.32. The highest BCUT2D eigenvalue weighted by Gasteiger charge is 2.12. The van der Waals surface area contributed by atoms with E-state index in [1.54, 1.807) is 12.1 Å². The second kappa shape index (κ2) is 8.39. The number of hydrogen-bond acceptors (Lipinski definition) is 4. The van der Waals surface area contributed by atoms with Crippen molar-refractivity contribution in [3.8, 4) is 0 Å². The highest BCUT2D eigenvalue weighted by atomic mass is 32.1. The molecule has 5 nitrogen and oxygen atoms in total. The second-order valence-electron chi connectivity index (χ2n) is 5.72. The fraction of sp³-hybridized carbons (Fsp3) is 0.211. The Kier molecular flexibility index (Phi) is 6.25. The van der Waals surface area contributed by atoms with Crippen LogP contribution < -0.4 is 10.6 Å². The number of benzene rings is 2. The van der Waals surface area contributed by atoms with Crippen molar-refractivity contribution in [2.45, 2.75) is 19.8 Å². The fourth-order valence-corrected chi connectivity index (χ4v) is 2.52. The van der Waals surface area contributed by atoms with Gasteiger partial charge in [-0.15, -0.1) is 0 Å². The Hall–Kier alpha value is -2.73. The third-order valence-electron chi connectivity index (χ3n) is 3.63. The van der Waals surface area contributed by atoms with Crippen molar-refractivity contribution in [2.75, 3.05) is 12.4 Å². The van der Waals surface area contributed by atoms with Crippen molar-refractivity contribution in [1.29, 1.82) is 0 Å². The van der Waals surface area contributed by atoms with Gasteiger partial charge in [-0.25, -0.2) is 4.79 Å². The van der Waals surface area contributed by atoms with Crippen molar-refractivity contribution >= 4 is 34.9 Å². The highest BCUT2D eigenvalue weighted by molar-refractivity contribution is 7.80. The Bertz CT molecular complexity index is 786. The average molecular weight is 356 g/mol. The Morgan fingerprint density at radius 3 is 2.20 bits per heavy atom. The van der Waals surface area contributed by atoms with E-state index < -0.39 is 5.97 Å². The van der Waals surface area contributed by atoms with Crippen LogP contribution in [0.5, 0.6) is 0 Å². The number of hydrogen-bond donors (Lipinski definition) is 2. The predicted octanol–water partition coefficient (Wildman–Crippen LogP) is 3.72. The van der Waals surface area contributed by atoms with E-state index in [0.29, 0.717) is 17.0 Å². The molecule has 2 aromatic rings. The summed E-state index contributed by atoms with van der Waals surface area (Å²) in [6, 6.07) is 14.0. The Morgan fingerprint density at radius 1 is 1.00 bits per heavy atom. The molecular formula is C19H20N2O3S. The lowest BCUT2D eigenvalue weighted by molar-refractivity contribution is 0.0600. The summed E-state index contributed by atoms with van der Waals surface area (Å²) in [5.74, 6) is -0.474. The molecule has 2 aromatic carbocycles. The van der Waals surface area contributed by atoms with Gasteiger partial charge in [0.1, 0.15) is 0 Å². The van der Waals surface area contributed by atoms with Crippen LogP contribution in [0.4, 0.5) is 5.69 Å². The van der Waals surface area contributed by atoms with Gasteiger partial charge >= 0.3 is 5.97 Å². The van der Waals surface area contributed by atoms with Crippen LogP contribution in [0.2, 0.25) is 0 Å². The Balaban J connectivity index is 2.03. The number of thiocarbonyl (C=S) groups is 1. The first kappa shape index (κ1) is 18.6. The summed E-state index contributed by atoms with van der Waals surface area (Å²) in [5, 5.41) is 5.91. The molecule has 0 radical (unpaired) electrons. The van der Waals surface area contributed by atoms with Gasteiger partial charge in [-0.3, -0.25) is 10.1 Å². The van der Waals surface area contributed by atoms with Crippen LogP contribution in [0.25, 0.3) is 0 Å². The lowest BCUT2D eigenvalue weighted by atomic mass is 10.0. The number of esters is 1. The van der Waals surface area contributed by atoms with E-state index in [9.17, 15) is 9.59 Å². The van der Waals surface area contributed by atoms with Gasteiger partial charge < -0.3 is 10.1 Å². The lowest BCUT2D eigenvalue weighted by Gasteiger charge is -2.15. The van der Waals surface area contributed by atoms with Gasteiger partial charge in [0.15, 0.2) is 5.11 Å². The lowest BCUT2D eigenvalue weighted by Crippen LogP contribution is -2.34. The number of amides is 1. The van der Waals surface area contributed by atoms with Gasteiger partial charge in [0, 0.05) is 11.3 Å². The van der Waals surface area contributed by atoms with Crippen molar-refractivity contribution in [3.63, 3.8) is 0 Å². The third-order valence-corrected chi connectivity index (χ3v) is 3.83. The van der Waals surface area contributed by atoms with Crippen molar-refractivity contribution in [2.24, 2.45) is 0 Å². The summed E-state index contributed by atoms with van der Waals surface area (Å²) >= 11 is 5.23. The number of methoxy groups -OCH3 is 1. The Labute approximate surface area is 152 Å². The van der Waals surface area contributed by atoms with E-state index in [0.717, 1.165) is 11.3 Å². The number of carbonyl (C=O) groups is 2. The molecule has 0 saturated heterocycles. The maximum absolute atomic E-state index is 12.3. The summed E-state index contributed by atoms with van der Waals surface area (Å²) in [6.07, 6.45) is 0. The minimum atomic E-state index is -0.450. The number of rotatable bonds is 4. The summed E-state index contributed by atoms with van der Waals surface area (Å²) in [5.41, 5.74) is 2.75. The number of anilines is 1. The van der Waals surface area contributed by atoms with Crippen LogP contribution >= 0.6 is 12.2 Å². The molecule has 1 amide bonds. The maximum atomic E-state index is 12.3. The van der Waals surface area contributed by atoms with E-state index in [1.807, 2.05) is 24.3 Å². The minimum absolute atomic E-state index is 0.218. The van der Waals surface area contributed by atoms with Gasteiger partial charge in [-0.05, 0) is 54.0 Å². The SMILES string of the molecule is COC(=O)c1ccc(C(=O)NC(=S)Nc2ccccc2C(C)C)cc1. The van der Waals surface area contributed by atoms with Gasteiger partial charge in [-0.2, -0.15) is 0 Å². The molecular weight excluding hydrogens is 336 g/mol.